The molecule has 0 aliphatic carbocycles. The smallest absolute Gasteiger partial charge is 0.337 e. The molecule has 2 aromatic rings. The molecule has 0 fully saturated rings. The molecule has 1 aliphatic rings. The topological polar surface area (TPSA) is 83.1 Å². The van der Waals surface area contributed by atoms with E-state index in [4.69, 9.17) is 14.2 Å². The first-order chi connectivity index (χ1) is 13.1. The molecule has 0 saturated heterocycles. The summed E-state index contributed by atoms with van der Waals surface area (Å²) in [6.45, 7) is 2.80. The van der Waals surface area contributed by atoms with Gasteiger partial charge in [0.2, 0.25) is 0 Å². The molecule has 0 bridgehead atoms. The standard InChI is InChI=1S/C20H21NO6/c1-13(15-5-8-17-18(11-15)26-10-9-25-17)21-19(22)12-27-16-6-3-14(4-7-16)20(23)24-2/h3-8,11,13H,9-10,12H2,1-2H3,(H,21,22)/t13-/m1/s1. The van der Waals surface area contributed by atoms with Crippen molar-refractivity contribution in [2.45, 2.75) is 13.0 Å². The number of carbonyl (C=O) groups is 2. The zero-order valence-corrected chi connectivity index (χ0v) is 15.2. The van der Waals surface area contributed by atoms with E-state index in [0.29, 0.717) is 36.0 Å². The van der Waals surface area contributed by atoms with E-state index < -0.39 is 5.97 Å². The maximum absolute atomic E-state index is 12.1. The Morgan fingerprint density at radius 3 is 2.48 bits per heavy atom. The zero-order valence-electron chi connectivity index (χ0n) is 15.2. The van der Waals surface area contributed by atoms with E-state index in [9.17, 15) is 9.59 Å². The normalized spacial score (nSPS) is 13.4. The molecular weight excluding hydrogens is 350 g/mol. The Bertz CT molecular complexity index is 818. The van der Waals surface area contributed by atoms with E-state index >= 15 is 0 Å². The molecule has 2 aromatic carbocycles. The molecular formula is C20H21NO6. The van der Waals surface area contributed by atoms with Crippen molar-refractivity contribution in [2.75, 3.05) is 26.9 Å². The summed E-state index contributed by atoms with van der Waals surface area (Å²) in [5.41, 5.74) is 1.33. The van der Waals surface area contributed by atoms with Gasteiger partial charge in [0.1, 0.15) is 19.0 Å². The molecule has 1 atom stereocenters. The molecule has 0 spiro atoms. The van der Waals surface area contributed by atoms with Crippen LogP contribution in [-0.2, 0) is 9.53 Å². The molecule has 7 heteroatoms. The number of nitrogens with one attached hydrogen (secondary N) is 1. The molecule has 0 unspecified atom stereocenters. The lowest BCUT2D eigenvalue weighted by molar-refractivity contribution is -0.123. The number of esters is 1. The highest BCUT2D eigenvalue weighted by Crippen LogP contribution is 2.32. The van der Waals surface area contributed by atoms with Crippen LogP contribution in [0.4, 0.5) is 0 Å². The number of fused-ring (bicyclic) bond motifs is 1. The van der Waals surface area contributed by atoms with Gasteiger partial charge in [-0.3, -0.25) is 4.79 Å². The molecule has 1 amide bonds. The molecule has 142 valence electrons. The first kappa shape index (κ1) is 18.6. The Kier molecular flexibility index (Phi) is 5.80. The average Bonchev–Trinajstić information content (AvgIpc) is 2.71. The number of ether oxygens (including phenoxy) is 4. The minimum absolute atomic E-state index is 0.132. The first-order valence-corrected chi connectivity index (χ1v) is 8.57. The second-order valence-electron chi connectivity index (χ2n) is 6.00. The molecule has 0 saturated carbocycles. The van der Waals surface area contributed by atoms with Gasteiger partial charge in [0.05, 0.1) is 18.7 Å². The summed E-state index contributed by atoms with van der Waals surface area (Å²) in [5, 5.41) is 2.88. The largest absolute Gasteiger partial charge is 0.486 e. The van der Waals surface area contributed by atoms with Crippen LogP contribution in [0.5, 0.6) is 17.2 Å². The maximum Gasteiger partial charge on any atom is 0.337 e. The van der Waals surface area contributed by atoms with E-state index in [0.717, 1.165) is 5.56 Å². The number of hydrogen-bond acceptors (Lipinski definition) is 6. The number of methoxy groups -OCH3 is 1. The van der Waals surface area contributed by atoms with E-state index in [1.807, 2.05) is 25.1 Å². The van der Waals surface area contributed by atoms with Crippen molar-refractivity contribution in [1.29, 1.82) is 0 Å². The van der Waals surface area contributed by atoms with Gasteiger partial charge in [-0.25, -0.2) is 4.79 Å². The van der Waals surface area contributed by atoms with Crippen LogP contribution in [-0.4, -0.2) is 38.8 Å². The van der Waals surface area contributed by atoms with E-state index in [1.54, 1.807) is 24.3 Å². The Labute approximate surface area is 157 Å². The van der Waals surface area contributed by atoms with Gasteiger partial charge in [0.15, 0.2) is 18.1 Å². The summed E-state index contributed by atoms with van der Waals surface area (Å²) < 4.78 is 21.1. The number of carbonyl (C=O) groups excluding carboxylic acids is 2. The van der Waals surface area contributed by atoms with Gasteiger partial charge in [-0.2, -0.15) is 0 Å². The fourth-order valence-corrected chi connectivity index (χ4v) is 2.65. The van der Waals surface area contributed by atoms with Crippen molar-refractivity contribution in [3.05, 3.63) is 53.6 Å². The summed E-state index contributed by atoms with van der Waals surface area (Å²) in [6, 6.07) is 11.8. The second kappa shape index (κ2) is 8.44. The van der Waals surface area contributed by atoms with Crippen LogP contribution >= 0.6 is 0 Å². The van der Waals surface area contributed by atoms with Crippen LogP contribution in [0.25, 0.3) is 0 Å². The van der Waals surface area contributed by atoms with Crippen LogP contribution < -0.4 is 19.5 Å². The molecule has 7 nitrogen and oxygen atoms in total. The molecule has 0 radical (unpaired) electrons. The lowest BCUT2D eigenvalue weighted by Crippen LogP contribution is -2.31. The van der Waals surface area contributed by atoms with Crippen molar-refractivity contribution in [3.63, 3.8) is 0 Å². The van der Waals surface area contributed by atoms with Gasteiger partial charge in [0, 0.05) is 0 Å². The fourth-order valence-electron chi connectivity index (χ4n) is 2.65. The summed E-state index contributed by atoms with van der Waals surface area (Å²) in [4.78, 5) is 23.5. The lowest BCUT2D eigenvalue weighted by Gasteiger charge is -2.21. The quantitative estimate of drug-likeness (QED) is 0.786. The van der Waals surface area contributed by atoms with Gasteiger partial charge < -0.3 is 24.3 Å². The highest BCUT2D eigenvalue weighted by molar-refractivity contribution is 5.89. The molecule has 27 heavy (non-hydrogen) atoms. The summed E-state index contributed by atoms with van der Waals surface area (Å²) in [5.74, 6) is 1.20. The third-order valence-corrected chi connectivity index (χ3v) is 4.09. The predicted octanol–water partition coefficient (Wildman–Crippen LogP) is 2.50. The number of hydrogen-bond donors (Lipinski definition) is 1. The molecule has 1 aliphatic heterocycles. The summed E-state index contributed by atoms with van der Waals surface area (Å²) >= 11 is 0. The summed E-state index contributed by atoms with van der Waals surface area (Å²) in [7, 11) is 1.32. The van der Waals surface area contributed by atoms with Crippen molar-refractivity contribution in [3.8, 4) is 17.2 Å². The summed E-state index contributed by atoms with van der Waals surface area (Å²) in [6.07, 6.45) is 0. The number of benzene rings is 2. The first-order valence-electron chi connectivity index (χ1n) is 8.57. The van der Waals surface area contributed by atoms with Crippen LogP contribution in [0.2, 0.25) is 0 Å². The second-order valence-corrected chi connectivity index (χ2v) is 6.00. The molecule has 0 aromatic heterocycles. The van der Waals surface area contributed by atoms with Crippen LogP contribution in [0.1, 0.15) is 28.9 Å². The van der Waals surface area contributed by atoms with Gasteiger partial charge >= 0.3 is 5.97 Å². The molecule has 3 rings (SSSR count). The van der Waals surface area contributed by atoms with Crippen molar-refractivity contribution >= 4 is 11.9 Å². The maximum atomic E-state index is 12.1. The monoisotopic (exact) mass is 371 g/mol. The Morgan fingerprint density at radius 1 is 1.07 bits per heavy atom. The highest BCUT2D eigenvalue weighted by atomic mass is 16.6. The van der Waals surface area contributed by atoms with Crippen molar-refractivity contribution < 1.29 is 28.5 Å². The Hall–Kier alpha value is -3.22. The van der Waals surface area contributed by atoms with Gasteiger partial charge in [-0.15, -0.1) is 0 Å². The van der Waals surface area contributed by atoms with Crippen molar-refractivity contribution in [2.24, 2.45) is 0 Å². The SMILES string of the molecule is COC(=O)c1ccc(OCC(=O)N[C@H](C)c2ccc3c(c2)OCCO3)cc1. The van der Waals surface area contributed by atoms with Crippen LogP contribution in [0.3, 0.4) is 0 Å². The van der Waals surface area contributed by atoms with E-state index in [-0.39, 0.29) is 18.6 Å². The number of rotatable bonds is 6. The van der Waals surface area contributed by atoms with Gasteiger partial charge in [0.25, 0.3) is 5.91 Å². The minimum Gasteiger partial charge on any atom is -0.486 e. The van der Waals surface area contributed by atoms with Crippen molar-refractivity contribution in [1.82, 2.24) is 5.32 Å². The number of amides is 1. The third kappa shape index (κ3) is 4.69. The molecule has 1 heterocycles. The lowest BCUT2D eigenvalue weighted by atomic mass is 10.1. The highest BCUT2D eigenvalue weighted by Gasteiger charge is 2.16. The van der Waals surface area contributed by atoms with E-state index in [2.05, 4.69) is 10.1 Å². The minimum atomic E-state index is -0.424. The third-order valence-electron chi connectivity index (χ3n) is 4.09. The fraction of sp³-hybridized carbons (Fsp3) is 0.300. The average molecular weight is 371 g/mol. The predicted molar refractivity (Wildman–Crippen MR) is 97.3 cm³/mol. The Balaban J connectivity index is 1.52. The van der Waals surface area contributed by atoms with Crippen LogP contribution in [0.15, 0.2) is 42.5 Å². The zero-order chi connectivity index (χ0) is 19.2. The van der Waals surface area contributed by atoms with Gasteiger partial charge in [-0.1, -0.05) is 6.07 Å². The Morgan fingerprint density at radius 2 is 1.78 bits per heavy atom. The molecule has 1 N–H and O–H groups in total. The van der Waals surface area contributed by atoms with Crippen LogP contribution in [0, 0.1) is 0 Å². The van der Waals surface area contributed by atoms with Gasteiger partial charge in [-0.05, 0) is 48.9 Å². The van der Waals surface area contributed by atoms with E-state index in [1.165, 1.54) is 7.11 Å².